The smallest absolute Gasteiger partial charge is 0.328 e. The van der Waals surface area contributed by atoms with Crippen molar-refractivity contribution in [3.63, 3.8) is 0 Å². The van der Waals surface area contributed by atoms with Crippen molar-refractivity contribution >= 4 is 153 Å². The molecule has 3 aliphatic rings. The SMILES string of the molecule is c1ccc(B2c3ccccc3-c3c(cccc3-n3c4ccccc4c4ccccc43)N2c2ccccc2)cc1.c1ccc(B2c3ccccc3-c3ccc(-n4c5ccccc5c5ccccc54)cc3N2c2ccccc2)cc1.c1ccc(B2c3ccccc3-c3cccc(-n4c5ccccc5c5ccccc54)c3N2c2ccccc2)cc1. The molecular weight excluding hydrogens is 1410 g/mol. The molecule has 0 saturated carbocycles. The Morgan fingerprint density at radius 2 is 0.453 bits per heavy atom. The lowest BCUT2D eigenvalue weighted by molar-refractivity contribution is 1.16. The van der Waals surface area contributed by atoms with Crippen LogP contribution in [0.1, 0.15) is 0 Å². The van der Waals surface area contributed by atoms with Crippen molar-refractivity contribution in [2.45, 2.75) is 0 Å². The van der Waals surface area contributed by atoms with Gasteiger partial charge in [0.15, 0.2) is 0 Å². The molecule has 0 spiro atoms. The van der Waals surface area contributed by atoms with E-state index in [9.17, 15) is 0 Å². The molecule has 546 valence electrons. The van der Waals surface area contributed by atoms with E-state index in [1.165, 1.54) is 183 Å². The molecule has 0 aliphatic carbocycles. The Balaban J connectivity index is 0.000000106. The van der Waals surface area contributed by atoms with E-state index >= 15 is 0 Å². The van der Waals surface area contributed by atoms with Gasteiger partial charge < -0.3 is 28.1 Å². The Bertz CT molecular complexity index is 7070. The van der Waals surface area contributed by atoms with Crippen LogP contribution in [-0.4, -0.2) is 34.2 Å². The van der Waals surface area contributed by atoms with Crippen molar-refractivity contribution in [3.05, 3.63) is 455 Å². The summed E-state index contributed by atoms with van der Waals surface area (Å²) in [6.45, 7) is 0.156. The second kappa shape index (κ2) is 29.2. The number of nitrogens with zero attached hydrogens (tertiary/aromatic N) is 6. The molecule has 0 bridgehead atoms. The fraction of sp³-hybridized carbons (Fsp3) is 0. The zero-order chi connectivity index (χ0) is 77.3. The monoisotopic (exact) mass is 1490 g/mol. The van der Waals surface area contributed by atoms with Crippen LogP contribution in [0.5, 0.6) is 0 Å². The van der Waals surface area contributed by atoms with Gasteiger partial charge in [-0.2, -0.15) is 0 Å². The summed E-state index contributed by atoms with van der Waals surface area (Å²) in [5.41, 5.74) is 33.5. The third kappa shape index (κ3) is 11.5. The zero-order valence-electron chi connectivity index (χ0n) is 64.2. The number of para-hydroxylation sites is 10. The van der Waals surface area contributed by atoms with Gasteiger partial charge >= 0.3 is 20.5 Å². The topological polar surface area (TPSA) is 24.5 Å². The molecule has 24 rings (SSSR count). The molecule has 3 aromatic heterocycles. The third-order valence-electron chi connectivity index (χ3n) is 24.1. The van der Waals surface area contributed by atoms with Gasteiger partial charge in [-0.3, -0.25) is 0 Å². The summed E-state index contributed by atoms with van der Waals surface area (Å²) < 4.78 is 7.31. The Morgan fingerprint density at radius 1 is 0.162 bits per heavy atom. The molecule has 9 heteroatoms. The van der Waals surface area contributed by atoms with Crippen molar-refractivity contribution in [3.8, 4) is 50.4 Å². The highest BCUT2D eigenvalue weighted by atomic mass is 15.1. The lowest BCUT2D eigenvalue weighted by Gasteiger charge is -2.40. The lowest BCUT2D eigenvalue weighted by Crippen LogP contribution is -2.57. The Kier molecular flexibility index (Phi) is 17.1. The maximum Gasteiger partial charge on any atom is 0.328 e. The van der Waals surface area contributed by atoms with Crippen molar-refractivity contribution < 1.29 is 0 Å². The Hall–Kier alpha value is -15.0. The molecule has 0 saturated heterocycles. The number of rotatable bonds is 9. The van der Waals surface area contributed by atoms with Crippen LogP contribution >= 0.6 is 0 Å². The van der Waals surface area contributed by atoms with Gasteiger partial charge in [0.05, 0.1) is 50.2 Å². The highest BCUT2D eigenvalue weighted by Crippen LogP contribution is 2.49. The average molecular weight is 1490 g/mol. The fourth-order valence-corrected chi connectivity index (χ4v) is 19.3. The molecule has 0 fully saturated rings. The van der Waals surface area contributed by atoms with Gasteiger partial charge in [0.2, 0.25) is 0 Å². The van der Waals surface area contributed by atoms with Gasteiger partial charge in [0.25, 0.3) is 0 Å². The summed E-state index contributed by atoms with van der Waals surface area (Å²) in [6.07, 6.45) is 0. The minimum atomic E-state index is 0.0338. The predicted octanol–water partition coefficient (Wildman–Crippen LogP) is 23.1. The van der Waals surface area contributed by atoms with Gasteiger partial charge in [-0.1, -0.05) is 368 Å². The average Bonchev–Trinajstić information content (AvgIpc) is 1.70. The second-order valence-electron chi connectivity index (χ2n) is 30.5. The first kappa shape index (κ1) is 68.7. The van der Waals surface area contributed by atoms with E-state index in [1.807, 2.05) is 0 Å². The Labute approximate surface area is 681 Å². The molecule has 3 aliphatic heterocycles. The van der Waals surface area contributed by atoms with Crippen molar-refractivity contribution in [2.75, 3.05) is 14.4 Å². The normalized spacial score (nSPS) is 12.5. The number of fused-ring (bicyclic) bond motifs is 18. The molecule has 0 unspecified atom stereocenters. The van der Waals surface area contributed by atoms with Gasteiger partial charge in [-0.25, -0.2) is 0 Å². The maximum atomic E-state index is 2.55. The molecule has 117 heavy (non-hydrogen) atoms. The summed E-state index contributed by atoms with van der Waals surface area (Å²) in [5.74, 6) is 0. The first-order valence-electron chi connectivity index (χ1n) is 40.5. The third-order valence-corrected chi connectivity index (χ3v) is 24.1. The van der Waals surface area contributed by atoms with Crippen LogP contribution in [0.2, 0.25) is 0 Å². The largest absolute Gasteiger partial charge is 0.376 e. The van der Waals surface area contributed by atoms with Gasteiger partial charge in [0.1, 0.15) is 0 Å². The van der Waals surface area contributed by atoms with Crippen LogP contribution in [0.4, 0.5) is 34.1 Å². The van der Waals surface area contributed by atoms with Crippen molar-refractivity contribution in [1.29, 1.82) is 0 Å². The van der Waals surface area contributed by atoms with Crippen molar-refractivity contribution in [2.24, 2.45) is 0 Å². The van der Waals surface area contributed by atoms with E-state index in [4.69, 9.17) is 0 Å². The van der Waals surface area contributed by atoms with Crippen LogP contribution < -0.4 is 47.2 Å². The molecule has 0 N–H and O–H groups in total. The summed E-state index contributed by atoms with van der Waals surface area (Å²) in [7, 11) is 0. The quantitative estimate of drug-likeness (QED) is 0.135. The first-order chi connectivity index (χ1) is 58.2. The molecule has 6 nitrogen and oxygen atoms in total. The van der Waals surface area contributed by atoms with Gasteiger partial charge in [-0.05, 0) is 136 Å². The van der Waals surface area contributed by atoms with Crippen molar-refractivity contribution in [1.82, 2.24) is 13.7 Å². The molecule has 18 aromatic carbocycles. The minimum Gasteiger partial charge on any atom is -0.376 e. The zero-order valence-corrected chi connectivity index (χ0v) is 64.2. The standard InChI is InChI=1S/3C36H25BN2/c1-3-14-26(15-4-1)37-31-21-10-7-20-30(31)36-34(24-13-25-35(36)39(37)27-16-5-2-6-17-27)38-32-22-11-8-18-28(32)29-19-9-12-23-33(29)38;1-3-14-26(15-4-1)37-32-22-10-7-18-28(32)31-21-13-25-35(36(31)39(37)27-16-5-2-6-17-27)38-33-23-11-8-19-29(33)30-20-9-12-24-34(30)38;1-3-13-26(14-4-1)37-33-20-10-7-17-29(33)32-24-23-28(25-36(32)39(37)27-15-5-2-6-16-27)38-34-21-11-8-18-30(34)31-19-9-12-22-35(31)38/h3*1-25H. The van der Waals surface area contributed by atoms with E-state index in [2.05, 4.69) is 483 Å². The molecule has 0 radical (unpaired) electrons. The lowest BCUT2D eigenvalue weighted by atomic mass is 9.45. The fourth-order valence-electron chi connectivity index (χ4n) is 19.3. The molecule has 0 amide bonds. The van der Waals surface area contributed by atoms with E-state index in [1.54, 1.807) is 0 Å². The molecule has 21 aromatic rings. The highest BCUT2D eigenvalue weighted by Gasteiger charge is 2.42. The van der Waals surface area contributed by atoms with Crippen LogP contribution in [0, 0.1) is 0 Å². The van der Waals surface area contributed by atoms with E-state index in [0.29, 0.717) is 0 Å². The number of hydrogen-bond acceptors (Lipinski definition) is 3. The molecule has 6 heterocycles. The second-order valence-corrected chi connectivity index (χ2v) is 30.5. The van der Waals surface area contributed by atoms with Gasteiger partial charge in [0, 0.05) is 83.1 Å². The van der Waals surface area contributed by atoms with E-state index in [-0.39, 0.29) is 20.5 Å². The maximum absolute atomic E-state index is 2.55. The van der Waals surface area contributed by atoms with Crippen LogP contribution in [0.15, 0.2) is 455 Å². The van der Waals surface area contributed by atoms with Gasteiger partial charge in [-0.15, -0.1) is 0 Å². The number of hydrogen-bond donors (Lipinski definition) is 0. The summed E-state index contributed by atoms with van der Waals surface area (Å²) in [4.78, 5) is 7.58. The van der Waals surface area contributed by atoms with Crippen LogP contribution in [0.25, 0.3) is 116 Å². The number of aromatic nitrogens is 3. The molecule has 0 atom stereocenters. The van der Waals surface area contributed by atoms with E-state index in [0.717, 1.165) is 0 Å². The summed E-state index contributed by atoms with van der Waals surface area (Å²) in [6, 6.07) is 165. The number of anilines is 6. The van der Waals surface area contributed by atoms with Crippen LogP contribution in [0.3, 0.4) is 0 Å². The predicted molar refractivity (Wildman–Crippen MR) is 499 cm³/mol. The van der Waals surface area contributed by atoms with Crippen LogP contribution in [-0.2, 0) is 0 Å². The minimum absolute atomic E-state index is 0.0338. The first-order valence-corrected chi connectivity index (χ1v) is 40.5. The van der Waals surface area contributed by atoms with E-state index < -0.39 is 0 Å². The summed E-state index contributed by atoms with van der Waals surface area (Å²) in [5, 5.41) is 7.64. The number of benzene rings is 18. The highest BCUT2D eigenvalue weighted by molar-refractivity contribution is 6.92. The summed E-state index contributed by atoms with van der Waals surface area (Å²) >= 11 is 0. The Morgan fingerprint density at radius 3 is 0.889 bits per heavy atom. The molecular formula is C108H75B3N6.